The van der Waals surface area contributed by atoms with Crippen LogP contribution in [0.4, 0.5) is 0 Å². The van der Waals surface area contributed by atoms with E-state index < -0.39 is 0 Å². The van der Waals surface area contributed by atoms with Crippen molar-refractivity contribution < 1.29 is 0 Å². The molecule has 3 rings (SSSR count). The molecule has 0 saturated heterocycles. The lowest BCUT2D eigenvalue weighted by atomic mass is 10.2. The van der Waals surface area contributed by atoms with Gasteiger partial charge < -0.3 is 4.98 Å². The lowest BCUT2D eigenvalue weighted by Crippen LogP contribution is -2.10. The van der Waals surface area contributed by atoms with Gasteiger partial charge in [-0.05, 0) is 12.1 Å². The average molecular weight is 184 g/mol. The number of allylic oxidation sites excluding steroid dienone is 2. The Bertz CT molecular complexity index is 614. The molecular weight excluding hydrogens is 176 g/mol. The first kappa shape index (κ1) is 7.38. The molecule has 0 radical (unpaired) electrons. The molecule has 1 aromatic heterocycles. The molecule has 2 aromatic rings. The van der Waals surface area contributed by atoms with Gasteiger partial charge in [0.1, 0.15) is 0 Å². The normalized spacial score (nSPS) is 13.4. The number of aromatic nitrogens is 2. The lowest BCUT2D eigenvalue weighted by molar-refractivity contribution is 1.08. The number of para-hydroxylation sites is 1. The standard InChI is InChI=1S/C11H8N2O/c14-11-12-9-6-3-5-8-4-1-2-7-13(11)10(8)9/h1-7H,(H,12,14). The van der Waals surface area contributed by atoms with Gasteiger partial charge in [0.15, 0.2) is 0 Å². The van der Waals surface area contributed by atoms with Crippen molar-refractivity contribution in [3.8, 4) is 0 Å². The van der Waals surface area contributed by atoms with E-state index in [9.17, 15) is 4.79 Å². The van der Waals surface area contributed by atoms with Crippen LogP contribution < -0.4 is 5.69 Å². The number of H-pyrrole nitrogens is 1. The van der Waals surface area contributed by atoms with Crippen LogP contribution in [0, 0.1) is 0 Å². The van der Waals surface area contributed by atoms with Gasteiger partial charge in [0.05, 0.1) is 11.0 Å². The molecule has 2 heterocycles. The SMILES string of the molecule is O=c1[nH]c2cccc3c2n1C=CC=C3. The predicted molar refractivity (Wildman–Crippen MR) is 56.9 cm³/mol. The van der Waals surface area contributed by atoms with Crippen molar-refractivity contribution >= 4 is 23.3 Å². The van der Waals surface area contributed by atoms with Gasteiger partial charge in [-0.15, -0.1) is 0 Å². The summed E-state index contributed by atoms with van der Waals surface area (Å²) in [5.41, 5.74) is 2.80. The number of rotatable bonds is 0. The van der Waals surface area contributed by atoms with E-state index in [0.29, 0.717) is 0 Å². The van der Waals surface area contributed by atoms with E-state index in [2.05, 4.69) is 4.98 Å². The van der Waals surface area contributed by atoms with E-state index in [1.807, 2.05) is 36.4 Å². The summed E-state index contributed by atoms with van der Waals surface area (Å²) in [5, 5.41) is 0. The summed E-state index contributed by atoms with van der Waals surface area (Å²) in [4.78, 5) is 14.3. The van der Waals surface area contributed by atoms with E-state index in [1.54, 1.807) is 10.8 Å². The van der Waals surface area contributed by atoms with Crippen LogP contribution in [0.15, 0.2) is 35.1 Å². The molecule has 0 unspecified atom stereocenters. The summed E-state index contributed by atoms with van der Waals surface area (Å²) in [6.07, 6.45) is 7.56. The van der Waals surface area contributed by atoms with Crippen LogP contribution in [-0.2, 0) is 0 Å². The Morgan fingerprint density at radius 3 is 3.07 bits per heavy atom. The number of nitrogens with zero attached hydrogens (tertiary/aromatic N) is 1. The zero-order valence-corrected chi connectivity index (χ0v) is 7.40. The van der Waals surface area contributed by atoms with E-state index >= 15 is 0 Å². The first-order valence-electron chi connectivity index (χ1n) is 4.44. The third-order valence-electron chi connectivity index (χ3n) is 2.39. The number of nitrogens with one attached hydrogen (secondary N) is 1. The number of hydrogen-bond donors (Lipinski definition) is 1. The smallest absolute Gasteiger partial charge is 0.305 e. The first-order chi connectivity index (χ1) is 6.86. The van der Waals surface area contributed by atoms with Crippen molar-refractivity contribution in [3.05, 3.63) is 46.4 Å². The van der Waals surface area contributed by atoms with Gasteiger partial charge in [-0.2, -0.15) is 0 Å². The third kappa shape index (κ3) is 0.836. The van der Waals surface area contributed by atoms with E-state index in [1.165, 1.54) is 0 Å². The van der Waals surface area contributed by atoms with Crippen LogP contribution in [0.3, 0.4) is 0 Å². The Balaban J connectivity index is 2.64. The molecule has 0 atom stereocenters. The van der Waals surface area contributed by atoms with Crippen LogP contribution in [0.2, 0.25) is 0 Å². The van der Waals surface area contributed by atoms with Crippen LogP contribution in [0.5, 0.6) is 0 Å². The number of aromatic amines is 1. The molecule has 14 heavy (non-hydrogen) atoms. The second-order valence-electron chi connectivity index (χ2n) is 3.24. The van der Waals surface area contributed by atoms with Gasteiger partial charge in [0, 0.05) is 11.8 Å². The molecule has 68 valence electrons. The number of hydrogen-bond acceptors (Lipinski definition) is 1. The Morgan fingerprint density at radius 1 is 1.21 bits per heavy atom. The van der Waals surface area contributed by atoms with E-state index in [4.69, 9.17) is 0 Å². The highest BCUT2D eigenvalue weighted by molar-refractivity contribution is 5.87. The van der Waals surface area contributed by atoms with E-state index in [0.717, 1.165) is 16.6 Å². The summed E-state index contributed by atoms with van der Waals surface area (Å²) < 4.78 is 1.63. The van der Waals surface area contributed by atoms with Gasteiger partial charge in [-0.25, -0.2) is 4.79 Å². The van der Waals surface area contributed by atoms with Crippen LogP contribution in [-0.4, -0.2) is 9.55 Å². The molecule has 1 aliphatic heterocycles. The molecule has 1 aromatic carbocycles. The molecule has 0 spiro atoms. The molecule has 0 aliphatic carbocycles. The Kier molecular flexibility index (Phi) is 1.31. The maximum atomic E-state index is 11.5. The molecular formula is C11H8N2O. The Morgan fingerprint density at radius 2 is 2.14 bits per heavy atom. The maximum absolute atomic E-state index is 11.5. The quantitative estimate of drug-likeness (QED) is 0.666. The highest BCUT2D eigenvalue weighted by Crippen LogP contribution is 2.19. The van der Waals surface area contributed by atoms with Crippen molar-refractivity contribution in [2.24, 2.45) is 0 Å². The number of imidazole rings is 1. The largest absolute Gasteiger partial charge is 0.330 e. The highest BCUT2D eigenvalue weighted by atomic mass is 16.1. The topological polar surface area (TPSA) is 37.8 Å². The minimum absolute atomic E-state index is 0.0904. The van der Waals surface area contributed by atoms with Gasteiger partial charge in [-0.1, -0.05) is 24.3 Å². The van der Waals surface area contributed by atoms with Gasteiger partial charge in [0.25, 0.3) is 0 Å². The second-order valence-corrected chi connectivity index (χ2v) is 3.24. The minimum atomic E-state index is -0.0904. The van der Waals surface area contributed by atoms with Gasteiger partial charge in [-0.3, -0.25) is 4.57 Å². The van der Waals surface area contributed by atoms with Crippen LogP contribution in [0.25, 0.3) is 23.3 Å². The zero-order valence-electron chi connectivity index (χ0n) is 7.40. The van der Waals surface area contributed by atoms with Gasteiger partial charge >= 0.3 is 5.69 Å². The van der Waals surface area contributed by atoms with Crippen LogP contribution in [0.1, 0.15) is 5.56 Å². The molecule has 0 saturated carbocycles. The molecule has 3 nitrogen and oxygen atoms in total. The fraction of sp³-hybridized carbons (Fsp3) is 0. The zero-order chi connectivity index (χ0) is 9.54. The van der Waals surface area contributed by atoms with Crippen molar-refractivity contribution in [1.29, 1.82) is 0 Å². The molecule has 1 N–H and O–H groups in total. The highest BCUT2D eigenvalue weighted by Gasteiger charge is 2.07. The number of benzene rings is 1. The third-order valence-corrected chi connectivity index (χ3v) is 2.39. The Hall–Kier alpha value is -2.03. The molecule has 0 fully saturated rings. The minimum Gasteiger partial charge on any atom is -0.305 e. The first-order valence-corrected chi connectivity index (χ1v) is 4.44. The summed E-state index contributed by atoms with van der Waals surface area (Å²) in [5.74, 6) is 0. The molecule has 0 bridgehead atoms. The monoisotopic (exact) mass is 184 g/mol. The lowest BCUT2D eigenvalue weighted by Gasteiger charge is -1.97. The second kappa shape index (κ2) is 2.48. The molecule has 1 aliphatic rings. The van der Waals surface area contributed by atoms with Crippen molar-refractivity contribution in [1.82, 2.24) is 9.55 Å². The summed E-state index contributed by atoms with van der Waals surface area (Å²) in [6.45, 7) is 0. The van der Waals surface area contributed by atoms with Crippen molar-refractivity contribution in [2.75, 3.05) is 0 Å². The Labute approximate surface area is 80.0 Å². The fourth-order valence-electron chi connectivity index (χ4n) is 1.78. The van der Waals surface area contributed by atoms with Crippen molar-refractivity contribution in [2.45, 2.75) is 0 Å². The van der Waals surface area contributed by atoms with Gasteiger partial charge in [0.2, 0.25) is 0 Å². The van der Waals surface area contributed by atoms with E-state index in [-0.39, 0.29) is 5.69 Å². The maximum Gasteiger partial charge on any atom is 0.330 e. The predicted octanol–water partition coefficient (Wildman–Crippen LogP) is 1.83. The molecule has 3 heteroatoms. The summed E-state index contributed by atoms with van der Waals surface area (Å²) in [7, 11) is 0. The summed E-state index contributed by atoms with van der Waals surface area (Å²) in [6, 6.07) is 5.84. The molecule has 0 amide bonds. The fourth-order valence-corrected chi connectivity index (χ4v) is 1.78. The van der Waals surface area contributed by atoms with Crippen molar-refractivity contribution in [3.63, 3.8) is 0 Å². The average Bonchev–Trinajstić information content (AvgIpc) is 2.39. The van der Waals surface area contributed by atoms with Crippen LogP contribution >= 0.6 is 0 Å². The summed E-state index contributed by atoms with van der Waals surface area (Å²) >= 11 is 0.